The maximum Gasteiger partial charge on any atom is 0.490 e. The van der Waals surface area contributed by atoms with E-state index in [1.54, 1.807) is 0 Å². The maximum absolute atomic E-state index is 10.7. The van der Waals surface area contributed by atoms with Gasteiger partial charge in [0.2, 0.25) is 0 Å². The second kappa shape index (κ2) is 6.40. The topological polar surface area (TPSA) is 89.4 Å². The van der Waals surface area contributed by atoms with Gasteiger partial charge in [0, 0.05) is 12.4 Å². The highest BCUT2D eigenvalue weighted by Gasteiger charge is 2.38. The number of esters is 1. The number of hydrogen-bond donors (Lipinski definition) is 1. The molecule has 0 bridgehead atoms. The summed E-state index contributed by atoms with van der Waals surface area (Å²) in [6, 6.07) is 0. The zero-order valence-electron chi connectivity index (χ0n) is 8.43. The van der Waals surface area contributed by atoms with Crippen molar-refractivity contribution in [3.8, 4) is 0 Å². The van der Waals surface area contributed by atoms with E-state index in [-0.39, 0.29) is 0 Å². The van der Waals surface area contributed by atoms with E-state index < -0.39 is 18.1 Å². The van der Waals surface area contributed by atoms with Crippen molar-refractivity contribution in [3.05, 3.63) is 24.3 Å². The molecule has 0 saturated heterocycles. The first-order valence-corrected chi connectivity index (χ1v) is 3.92. The van der Waals surface area contributed by atoms with Gasteiger partial charge in [-0.15, -0.1) is 0 Å². The van der Waals surface area contributed by atoms with Crippen molar-refractivity contribution in [3.63, 3.8) is 0 Å². The van der Waals surface area contributed by atoms with Crippen LogP contribution in [0, 0.1) is 0 Å². The number of carbonyl (C=O) groups excluding carboxylic acids is 1. The van der Waals surface area contributed by atoms with E-state index >= 15 is 0 Å². The number of aromatic nitrogens is 2. The number of aliphatic carboxylic acids is 1. The van der Waals surface area contributed by atoms with Gasteiger partial charge in [-0.25, -0.2) is 19.6 Å². The number of rotatable bonds is 1. The molecule has 1 N–H and O–H groups in total. The van der Waals surface area contributed by atoms with E-state index in [0.29, 0.717) is 5.56 Å². The fourth-order valence-electron chi connectivity index (χ4n) is 0.522. The van der Waals surface area contributed by atoms with Gasteiger partial charge in [0.15, 0.2) is 0 Å². The molecule has 1 rings (SSSR count). The molecule has 0 saturated carbocycles. The van der Waals surface area contributed by atoms with Crippen molar-refractivity contribution in [2.24, 2.45) is 0 Å². The van der Waals surface area contributed by atoms with Crippen LogP contribution in [0.5, 0.6) is 0 Å². The summed E-state index contributed by atoms with van der Waals surface area (Å²) in [5, 5.41) is 7.12. The number of ether oxygens (including phenoxy) is 1. The monoisotopic (exact) mass is 252 g/mol. The summed E-state index contributed by atoms with van der Waals surface area (Å²) >= 11 is 0. The van der Waals surface area contributed by atoms with Gasteiger partial charge in [-0.3, -0.25) is 0 Å². The first-order chi connectivity index (χ1) is 7.79. The molecule has 0 aliphatic heterocycles. The Morgan fingerprint density at radius 2 is 1.71 bits per heavy atom. The van der Waals surface area contributed by atoms with Crippen molar-refractivity contribution in [2.45, 2.75) is 6.18 Å². The van der Waals surface area contributed by atoms with Crippen LogP contribution in [-0.2, 0) is 9.53 Å². The summed E-state index contributed by atoms with van der Waals surface area (Å²) in [6.45, 7) is 0. The zero-order valence-corrected chi connectivity index (χ0v) is 8.43. The normalized spacial score (nSPS) is 9.88. The van der Waals surface area contributed by atoms with E-state index in [2.05, 4.69) is 14.7 Å². The van der Waals surface area contributed by atoms with Crippen LogP contribution in [0.3, 0.4) is 0 Å². The Hall–Kier alpha value is -2.19. The van der Waals surface area contributed by atoms with Crippen LogP contribution in [0.2, 0.25) is 0 Å². The van der Waals surface area contributed by atoms with Crippen molar-refractivity contribution < 1.29 is 32.6 Å². The number of carboxylic acids is 1. The molecule has 0 atom stereocenters. The molecule has 1 aromatic rings. The molecule has 1 aromatic heterocycles. The fourth-order valence-corrected chi connectivity index (χ4v) is 0.522. The molecule has 9 heteroatoms. The van der Waals surface area contributed by atoms with E-state index in [9.17, 15) is 18.0 Å². The molecule has 0 unspecified atom stereocenters. The summed E-state index contributed by atoms with van der Waals surface area (Å²) < 4.78 is 36.2. The van der Waals surface area contributed by atoms with Gasteiger partial charge in [-0.1, -0.05) is 0 Å². The number of carboxylic acid groups (broad SMARTS) is 1. The Morgan fingerprint density at radius 3 is 2.00 bits per heavy atom. The molecule has 17 heavy (non-hydrogen) atoms. The Bertz CT molecular complexity index is 380. The molecule has 0 amide bonds. The first kappa shape index (κ1) is 14.8. The molecular formula is C8H7F3N2O4. The van der Waals surface area contributed by atoms with Crippen molar-refractivity contribution in [2.75, 3.05) is 7.11 Å². The third-order valence-electron chi connectivity index (χ3n) is 1.22. The summed E-state index contributed by atoms with van der Waals surface area (Å²) in [5.41, 5.74) is 0.366. The van der Waals surface area contributed by atoms with Gasteiger partial charge in [-0.05, 0) is 0 Å². The van der Waals surface area contributed by atoms with Crippen LogP contribution in [0.1, 0.15) is 10.4 Å². The molecule has 0 radical (unpaired) electrons. The molecule has 0 aliphatic rings. The van der Waals surface area contributed by atoms with Crippen LogP contribution in [0.25, 0.3) is 0 Å². The second-order valence-corrected chi connectivity index (χ2v) is 2.42. The summed E-state index contributed by atoms with van der Waals surface area (Å²) in [4.78, 5) is 26.9. The highest BCUT2D eigenvalue weighted by Crippen LogP contribution is 2.13. The largest absolute Gasteiger partial charge is 0.490 e. The minimum atomic E-state index is -5.08. The van der Waals surface area contributed by atoms with E-state index in [0.717, 1.165) is 0 Å². The predicted molar refractivity (Wildman–Crippen MR) is 47.1 cm³/mol. The number of halogens is 3. The standard InChI is InChI=1S/C6H6N2O2.C2HF3O2/c1-10-6(9)5-2-7-4-8-3-5;3-2(4,5)1(6)7/h2-4H,1H3;(H,6,7). The van der Waals surface area contributed by atoms with E-state index in [1.807, 2.05) is 0 Å². The van der Waals surface area contributed by atoms with Crippen LogP contribution in [-0.4, -0.2) is 40.3 Å². The molecule has 0 aliphatic carbocycles. The Labute approximate surface area is 93.1 Å². The lowest BCUT2D eigenvalue weighted by Gasteiger charge is -1.94. The molecule has 0 spiro atoms. The minimum absolute atomic E-state index is 0.366. The van der Waals surface area contributed by atoms with Gasteiger partial charge >= 0.3 is 18.1 Å². The predicted octanol–water partition coefficient (Wildman–Crippen LogP) is 0.897. The Kier molecular flexibility index (Phi) is 5.58. The summed E-state index contributed by atoms with van der Waals surface area (Å²) in [6.07, 6.45) is -0.926. The molecule has 0 aromatic carbocycles. The highest BCUT2D eigenvalue weighted by atomic mass is 19.4. The molecule has 6 nitrogen and oxygen atoms in total. The lowest BCUT2D eigenvalue weighted by atomic mass is 10.4. The average molecular weight is 252 g/mol. The zero-order chi connectivity index (χ0) is 13.5. The van der Waals surface area contributed by atoms with Gasteiger partial charge in [0.25, 0.3) is 0 Å². The smallest absolute Gasteiger partial charge is 0.475 e. The molecule has 1 heterocycles. The number of carbonyl (C=O) groups is 2. The van der Waals surface area contributed by atoms with Crippen LogP contribution in [0.15, 0.2) is 18.7 Å². The van der Waals surface area contributed by atoms with E-state index in [1.165, 1.54) is 25.8 Å². The maximum atomic E-state index is 10.7. The third kappa shape index (κ3) is 6.07. The fraction of sp³-hybridized carbons (Fsp3) is 0.250. The Morgan fingerprint density at radius 1 is 1.29 bits per heavy atom. The summed E-state index contributed by atoms with van der Waals surface area (Å²) in [7, 11) is 1.31. The second-order valence-electron chi connectivity index (χ2n) is 2.42. The van der Waals surface area contributed by atoms with Crippen molar-refractivity contribution >= 4 is 11.9 Å². The quantitative estimate of drug-likeness (QED) is 0.747. The Balaban J connectivity index is 0.000000325. The van der Waals surface area contributed by atoms with Crippen LogP contribution < -0.4 is 0 Å². The number of alkyl halides is 3. The first-order valence-electron chi connectivity index (χ1n) is 3.92. The number of hydrogen-bond acceptors (Lipinski definition) is 5. The number of nitrogens with zero attached hydrogens (tertiary/aromatic N) is 2. The summed E-state index contributed by atoms with van der Waals surface area (Å²) in [5.74, 6) is -3.17. The number of methoxy groups -OCH3 is 1. The lowest BCUT2D eigenvalue weighted by molar-refractivity contribution is -0.192. The van der Waals surface area contributed by atoms with Gasteiger partial charge in [0.05, 0.1) is 12.7 Å². The van der Waals surface area contributed by atoms with Crippen molar-refractivity contribution in [1.29, 1.82) is 0 Å². The minimum Gasteiger partial charge on any atom is -0.475 e. The molecule has 0 fully saturated rings. The van der Waals surface area contributed by atoms with Gasteiger partial charge in [0.1, 0.15) is 6.33 Å². The molecule has 94 valence electrons. The SMILES string of the molecule is COC(=O)c1cncnc1.O=C(O)C(F)(F)F. The van der Waals surface area contributed by atoms with E-state index in [4.69, 9.17) is 9.90 Å². The third-order valence-corrected chi connectivity index (χ3v) is 1.22. The van der Waals surface area contributed by atoms with Crippen LogP contribution >= 0.6 is 0 Å². The van der Waals surface area contributed by atoms with Gasteiger partial charge in [-0.2, -0.15) is 13.2 Å². The average Bonchev–Trinajstić information content (AvgIpc) is 2.28. The van der Waals surface area contributed by atoms with Crippen LogP contribution in [0.4, 0.5) is 13.2 Å². The molecular weight excluding hydrogens is 245 g/mol. The van der Waals surface area contributed by atoms with Crippen molar-refractivity contribution in [1.82, 2.24) is 9.97 Å². The van der Waals surface area contributed by atoms with Gasteiger partial charge < -0.3 is 9.84 Å². The lowest BCUT2D eigenvalue weighted by Crippen LogP contribution is -2.21. The highest BCUT2D eigenvalue weighted by molar-refractivity contribution is 5.88.